The van der Waals surface area contributed by atoms with E-state index in [-0.39, 0.29) is 0 Å². The van der Waals surface area contributed by atoms with Crippen LogP contribution in [0, 0.1) is 5.92 Å². The van der Waals surface area contributed by atoms with Crippen molar-refractivity contribution in [2.24, 2.45) is 5.92 Å². The predicted octanol–water partition coefficient (Wildman–Crippen LogP) is 1.52. The van der Waals surface area contributed by atoms with Crippen LogP contribution >= 0.6 is 12.2 Å². The molecule has 0 saturated heterocycles. The molecule has 0 radical (unpaired) electrons. The molecule has 16 heavy (non-hydrogen) atoms. The van der Waals surface area contributed by atoms with Gasteiger partial charge < -0.3 is 10.6 Å². The first-order valence-electron chi connectivity index (χ1n) is 5.64. The van der Waals surface area contributed by atoms with Crippen LogP contribution in [0.3, 0.4) is 0 Å². The van der Waals surface area contributed by atoms with Gasteiger partial charge in [0, 0.05) is 31.4 Å². The smallest absolute Gasteiger partial charge is 0.166 e. The van der Waals surface area contributed by atoms with E-state index >= 15 is 0 Å². The summed E-state index contributed by atoms with van der Waals surface area (Å²) in [4.78, 5) is 0. The number of hydrogen-bond acceptors (Lipinski definition) is 2. The topological polar surface area (TPSA) is 41.9 Å². The molecule has 0 fully saturated rings. The van der Waals surface area contributed by atoms with Crippen LogP contribution in [0.5, 0.6) is 0 Å². The third kappa shape index (κ3) is 4.61. The van der Waals surface area contributed by atoms with Crippen molar-refractivity contribution in [1.29, 1.82) is 0 Å². The maximum Gasteiger partial charge on any atom is 0.166 e. The van der Waals surface area contributed by atoms with Crippen molar-refractivity contribution in [2.75, 3.05) is 6.54 Å². The van der Waals surface area contributed by atoms with Crippen molar-refractivity contribution in [3.63, 3.8) is 0 Å². The van der Waals surface area contributed by atoms with E-state index in [0.717, 1.165) is 25.2 Å². The molecule has 0 saturated carbocycles. The monoisotopic (exact) mass is 240 g/mol. The van der Waals surface area contributed by atoms with E-state index in [4.69, 9.17) is 12.2 Å². The molecule has 1 heterocycles. The summed E-state index contributed by atoms with van der Waals surface area (Å²) in [6.07, 6.45) is 3.89. The van der Waals surface area contributed by atoms with Gasteiger partial charge in [0.2, 0.25) is 0 Å². The first kappa shape index (κ1) is 13.0. The van der Waals surface area contributed by atoms with Gasteiger partial charge in [-0.2, -0.15) is 5.10 Å². The van der Waals surface area contributed by atoms with Crippen LogP contribution < -0.4 is 10.6 Å². The highest BCUT2D eigenvalue weighted by molar-refractivity contribution is 7.80. The lowest BCUT2D eigenvalue weighted by Gasteiger charge is -2.11. The first-order chi connectivity index (χ1) is 7.61. The molecule has 2 N–H and O–H groups in total. The van der Waals surface area contributed by atoms with Crippen molar-refractivity contribution < 1.29 is 0 Å². The molecule has 1 aromatic rings. The van der Waals surface area contributed by atoms with E-state index < -0.39 is 0 Å². The molecule has 1 aromatic heterocycles. The quantitative estimate of drug-likeness (QED) is 0.766. The van der Waals surface area contributed by atoms with Crippen LogP contribution in [0.25, 0.3) is 0 Å². The molecule has 0 aromatic carbocycles. The molecule has 0 aliphatic carbocycles. The molecular formula is C11H20N4S. The summed E-state index contributed by atoms with van der Waals surface area (Å²) in [5.74, 6) is 0.600. The van der Waals surface area contributed by atoms with Crippen LogP contribution in [-0.4, -0.2) is 21.4 Å². The fourth-order valence-electron chi connectivity index (χ4n) is 1.21. The highest BCUT2D eigenvalue weighted by Gasteiger charge is 2.00. The molecule has 90 valence electrons. The Morgan fingerprint density at radius 1 is 1.50 bits per heavy atom. The second kappa shape index (κ2) is 6.48. The minimum Gasteiger partial charge on any atom is -0.362 e. The SMILES string of the molecule is CCn1cc(CNC(=S)NCC(C)C)cn1. The maximum absolute atomic E-state index is 5.16. The van der Waals surface area contributed by atoms with Crippen LogP contribution in [-0.2, 0) is 13.1 Å². The Morgan fingerprint density at radius 3 is 2.81 bits per heavy atom. The molecule has 5 heteroatoms. The molecule has 0 aliphatic rings. The first-order valence-corrected chi connectivity index (χ1v) is 6.05. The number of thiocarbonyl (C=S) groups is 1. The zero-order chi connectivity index (χ0) is 12.0. The van der Waals surface area contributed by atoms with Gasteiger partial charge >= 0.3 is 0 Å². The summed E-state index contributed by atoms with van der Waals surface area (Å²) in [5.41, 5.74) is 1.15. The molecule has 0 unspecified atom stereocenters. The van der Waals surface area contributed by atoms with Gasteiger partial charge in [-0.3, -0.25) is 4.68 Å². The Bertz CT molecular complexity index is 332. The van der Waals surface area contributed by atoms with Crippen molar-refractivity contribution in [2.45, 2.75) is 33.9 Å². The fourth-order valence-corrected chi connectivity index (χ4v) is 1.37. The zero-order valence-electron chi connectivity index (χ0n) is 10.2. The van der Waals surface area contributed by atoms with Crippen molar-refractivity contribution >= 4 is 17.3 Å². The van der Waals surface area contributed by atoms with Gasteiger partial charge in [0.15, 0.2) is 5.11 Å². The minimum absolute atomic E-state index is 0.600. The highest BCUT2D eigenvalue weighted by Crippen LogP contribution is 1.96. The minimum atomic E-state index is 0.600. The second-order valence-electron chi connectivity index (χ2n) is 4.16. The van der Waals surface area contributed by atoms with Crippen LogP contribution in [0.15, 0.2) is 12.4 Å². The van der Waals surface area contributed by atoms with E-state index in [0.29, 0.717) is 11.0 Å². The lowest BCUT2D eigenvalue weighted by atomic mass is 10.2. The van der Waals surface area contributed by atoms with Crippen LogP contribution in [0.4, 0.5) is 0 Å². The fraction of sp³-hybridized carbons (Fsp3) is 0.636. The van der Waals surface area contributed by atoms with Gasteiger partial charge in [0.1, 0.15) is 0 Å². The molecule has 0 spiro atoms. The standard InChI is InChI=1S/C11H20N4S/c1-4-15-8-10(7-14-15)6-13-11(16)12-5-9(2)3/h7-9H,4-6H2,1-3H3,(H2,12,13,16). The maximum atomic E-state index is 5.16. The third-order valence-corrected chi connectivity index (χ3v) is 2.42. The summed E-state index contributed by atoms with van der Waals surface area (Å²) in [7, 11) is 0. The lowest BCUT2D eigenvalue weighted by Crippen LogP contribution is -2.36. The van der Waals surface area contributed by atoms with Crippen LogP contribution in [0.2, 0.25) is 0 Å². The molecule has 0 bridgehead atoms. The number of nitrogens with one attached hydrogen (secondary N) is 2. The summed E-state index contributed by atoms with van der Waals surface area (Å²) >= 11 is 5.16. The Balaban J connectivity index is 2.26. The number of nitrogens with zero attached hydrogens (tertiary/aromatic N) is 2. The van der Waals surface area contributed by atoms with Gasteiger partial charge in [-0.05, 0) is 25.1 Å². The average molecular weight is 240 g/mol. The van der Waals surface area contributed by atoms with E-state index in [2.05, 4.69) is 36.5 Å². The summed E-state index contributed by atoms with van der Waals surface area (Å²) < 4.78 is 1.90. The van der Waals surface area contributed by atoms with Crippen molar-refractivity contribution in [1.82, 2.24) is 20.4 Å². The van der Waals surface area contributed by atoms with Gasteiger partial charge in [-0.1, -0.05) is 13.8 Å². The van der Waals surface area contributed by atoms with Crippen LogP contribution in [0.1, 0.15) is 26.3 Å². The highest BCUT2D eigenvalue weighted by atomic mass is 32.1. The normalized spacial score (nSPS) is 10.5. The summed E-state index contributed by atoms with van der Waals surface area (Å²) in [6.45, 7) is 8.90. The van der Waals surface area contributed by atoms with Crippen molar-refractivity contribution in [3.05, 3.63) is 18.0 Å². The number of hydrogen-bond donors (Lipinski definition) is 2. The molecule has 4 nitrogen and oxygen atoms in total. The van der Waals surface area contributed by atoms with Gasteiger partial charge in [0.25, 0.3) is 0 Å². The Kier molecular flexibility index (Phi) is 5.25. The van der Waals surface area contributed by atoms with Gasteiger partial charge in [0.05, 0.1) is 6.20 Å². The number of aromatic nitrogens is 2. The molecule has 1 rings (SSSR count). The summed E-state index contributed by atoms with van der Waals surface area (Å²) in [6, 6.07) is 0. The lowest BCUT2D eigenvalue weighted by molar-refractivity contribution is 0.619. The Labute approximate surface area is 102 Å². The second-order valence-corrected chi connectivity index (χ2v) is 4.57. The Morgan fingerprint density at radius 2 is 2.25 bits per heavy atom. The van der Waals surface area contributed by atoms with E-state index in [1.807, 2.05) is 17.1 Å². The van der Waals surface area contributed by atoms with Gasteiger partial charge in [-0.15, -0.1) is 0 Å². The Hall–Kier alpha value is -1.10. The predicted molar refractivity (Wildman–Crippen MR) is 70.2 cm³/mol. The number of aryl methyl sites for hydroxylation is 1. The van der Waals surface area contributed by atoms with Gasteiger partial charge in [-0.25, -0.2) is 0 Å². The average Bonchev–Trinajstić information content (AvgIpc) is 2.71. The molecule has 0 atom stereocenters. The molecule has 0 aliphatic heterocycles. The zero-order valence-corrected chi connectivity index (χ0v) is 11.0. The van der Waals surface area contributed by atoms with E-state index in [1.165, 1.54) is 0 Å². The third-order valence-electron chi connectivity index (χ3n) is 2.13. The number of rotatable bonds is 5. The van der Waals surface area contributed by atoms with E-state index in [9.17, 15) is 0 Å². The van der Waals surface area contributed by atoms with E-state index in [1.54, 1.807) is 0 Å². The van der Waals surface area contributed by atoms with Crippen molar-refractivity contribution in [3.8, 4) is 0 Å². The largest absolute Gasteiger partial charge is 0.362 e. The summed E-state index contributed by atoms with van der Waals surface area (Å²) in [5, 5.41) is 11.2. The molecular weight excluding hydrogens is 220 g/mol. The molecule has 0 amide bonds.